The molecule has 0 amide bonds. The van der Waals surface area contributed by atoms with Crippen molar-refractivity contribution in [3.63, 3.8) is 0 Å². The lowest BCUT2D eigenvalue weighted by Gasteiger charge is -2.19. The number of benzene rings is 1. The van der Waals surface area contributed by atoms with Crippen LogP contribution in [0, 0.1) is 0 Å². The molecule has 5 heteroatoms. The van der Waals surface area contributed by atoms with E-state index >= 15 is 0 Å². The predicted octanol–water partition coefficient (Wildman–Crippen LogP) is 3.85. The summed E-state index contributed by atoms with van der Waals surface area (Å²) in [4.78, 5) is 0. The van der Waals surface area contributed by atoms with Crippen LogP contribution in [-0.4, -0.2) is 23.0 Å². The van der Waals surface area contributed by atoms with Gasteiger partial charge in [0.15, 0.2) is 0 Å². The largest absolute Gasteiger partial charge is 0.508 e. The summed E-state index contributed by atoms with van der Waals surface area (Å²) >= 11 is 0. The van der Waals surface area contributed by atoms with Gasteiger partial charge in [-0.1, -0.05) is 30.4 Å². The Hall–Kier alpha value is -1.75. The summed E-state index contributed by atoms with van der Waals surface area (Å²) in [7, 11) is 0. The van der Waals surface area contributed by atoms with Crippen LogP contribution < -0.4 is 0 Å². The van der Waals surface area contributed by atoms with Crippen LogP contribution in [0.3, 0.4) is 0 Å². The van der Waals surface area contributed by atoms with Crippen LogP contribution in [0.1, 0.15) is 29.9 Å². The van der Waals surface area contributed by atoms with Gasteiger partial charge in [-0.05, 0) is 30.9 Å². The maximum atomic E-state index is 12.6. The first-order valence-corrected chi connectivity index (χ1v) is 6.80. The SMILES string of the molecule is OCCCc1ccc(O)c(C2C=CC(C(F)(F)F)=CC2)c1. The second-order valence-corrected chi connectivity index (χ2v) is 5.08. The number of alkyl halides is 3. The molecular weight excluding hydrogens is 281 g/mol. The zero-order valence-corrected chi connectivity index (χ0v) is 11.4. The van der Waals surface area contributed by atoms with E-state index in [1.54, 1.807) is 18.2 Å². The number of aromatic hydroxyl groups is 1. The summed E-state index contributed by atoms with van der Waals surface area (Å²) in [5.74, 6) is -0.175. The average Bonchev–Trinajstić information content (AvgIpc) is 2.46. The van der Waals surface area contributed by atoms with Crippen LogP contribution in [0.2, 0.25) is 0 Å². The summed E-state index contributed by atoms with van der Waals surface area (Å²) in [6.45, 7) is 0.0806. The Morgan fingerprint density at radius 2 is 2.00 bits per heavy atom. The van der Waals surface area contributed by atoms with Crippen molar-refractivity contribution in [3.8, 4) is 5.75 Å². The van der Waals surface area contributed by atoms with Gasteiger partial charge < -0.3 is 10.2 Å². The fraction of sp³-hybridized carbons (Fsp3) is 0.375. The number of rotatable bonds is 4. The van der Waals surface area contributed by atoms with Gasteiger partial charge in [0.1, 0.15) is 5.75 Å². The molecule has 0 saturated heterocycles. The number of aliphatic hydroxyl groups is 1. The van der Waals surface area contributed by atoms with Crippen molar-refractivity contribution >= 4 is 0 Å². The van der Waals surface area contributed by atoms with Crippen LogP contribution in [0.15, 0.2) is 42.0 Å². The van der Waals surface area contributed by atoms with E-state index in [1.807, 2.05) is 0 Å². The molecular formula is C16H17F3O2. The first kappa shape index (κ1) is 15.6. The third-order valence-electron chi connectivity index (χ3n) is 3.54. The molecule has 2 nitrogen and oxygen atoms in total. The molecule has 0 aromatic heterocycles. The lowest BCUT2D eigenvalue weighted by molar-refractivity contribution is -0.0886. The highest BCUT2D eigenvalue weighted by Crippen LogP contribution is 2.37. The van der Waals surface area contributed by atoms with Crippen molar-refractivity contribution < 1.29 is 23.4 Å². The van der Waals surface area contributed by atoms with Gasteiger partial charge in [-0.25, -0.2) is 0 Å². The number of allylic oxidation sites excluding steroid dienone is 4. The second kappa shape index (κ2) is 6.35. The van der Waals surface area contributed by atoms with Gasteiger partial charge >= 0.3 is 6.18 Å². The van der Waals surface area contributed by atoms with Crippen LogP contribution in [0.5, 0.6) is 5.75 Å². The predicted molar refractivity (Wildman–Crippen MR) is 74.1 cm³/mol. The molecule has 0 radical (unpaired) electrons. The molecule has 0 saturated carbocycles. The smallest absolute Gasteiger partial charge is 0.416 e. The van der Waals surface area contributed by atoms with Crippen LogP contribution in [0.4, 0.5) is 13.2 Å². The Morgan fingerprint density at radius 3 is 2.57 bits per heavy atom. The van der Waals surface area contributed by atoms with Gasteiger partial charge in [0.2, 0.25) is 0 Å². The first-order valence-electron chi connectivity index (χ1n) is 6.80. The van der Waals surface area contributed by atoms with Crippen molar-refractivity contribution in [2.45, 2.75) is 31.4 Å². The molecule has 2 N–H and O–H groups in total. The average molecular weight is 298 g/mol. The van der Waals surface area contributed by atoms with Crippen molar-refractivity contribution in [1.82, 2.24) is 0 Å². The number of hydrogen-bond acceptors (Lipinski definition) is 2. The molecule has 1 atom stereocenters. The number of aryl methyl sites for hydroxylation is 1. The fourth-order valence-electron chi connectivity index (χ4n) is 2.40. The van der Waals surface area contributed by atoms with Crippen LogP contribution >= 0.6 is 0 Å². The highest BCUT2D eigenvalue weighted by atomic mass is 19.4. The highest BCUT2D eigenvalue weighted by Gasteiger charge is 2.33. The third kappa shape index (κ3) is 3.88. The molecule has 1 aromatic rings. The Kier molecular flexibility index (Phi) is 4.73. The molecule has 114 valence electrons. The Labute approximate surface area is 121 Å². The molecule has 1 aromatic carbocycles. The van der Waals surface area contributed by atoms with E-state index in [2.05, 4.69) is 0 Å². The van der Waals surface area contributed by atoms with E-state index in [1.165, 1.54) is 6.08 Å². The topological polar surface area (TPSA) is 40.5 Å². The Morgan fingerprint density at radius 1 is 1.24 bits per heavy atom. The Balaban J connectivity index is 2.17. The molecule has 1 unspecified atom stereocenters. The standard InChI is InChI=1S/C16H17F3O2/c17-16(18,19)13-6-4-12(5-7-13)14-10-11(2-1-9-20)3-8-15(14)21/h3-4,6-8,10,12,20-21H,1-2,5,9H2. The highest BCUT2D eigenvalue weighted by molar-refractivity contribution is 5.43. The molecule has 0 spiro atoms. The van der Waals surface area contributed by atoms with Gasteiger partial charge in [-0.3, -0.25) is 0 Å². The van der Waals surface area contributed by atoms with E-state index in [0.29, 0.717) is 18.4 Å². The van der Waals surface area contributed by atoms with Crippen molar-refractivity contribution in [2.24, 2.45) is 0 Å². The molecule has 0 bridgehead atoms. The maximum Gasteiger partial charge on any atom is 0.416 e. The number of halogens is 3. The molecule has 1 aliphatic rings. The minimum absolute atomic E-state index is 0.0806. The second-order valence-electron chi connectivity index (χ2n) is 5.08. The summed E-state index contributed by atoms with van der Waals surface area (Å²) in [5, 5.41) is 18.7. The van der Waals surface area contributed by atoms with Gasteiger partial charge in [-0.15, -0.1) is 0 Å². The minimum Gasteiger partial charge on any atom is -0.508 e. The minimum atomic E-state index is -4.33. The molecule has 21 heavy (non-hydrogen) atoms. The number of hydrogen-bond donors (Lipinski definition) is 2. The van der Waals surface area contributed by atoms with Gasteiger partial charge in [0.05, 0.1) is 5.57 Å². The van der Waals surface area contributed by atoms with Crippen molar-refractivity contribution in [1.29, 1.82) is 0 Å². The summed E-state index contributed by atoms with van der Waals surface area (Å²) in [5.41, 5.74) is 0.935. The zero-order chi connectivity index (χ0) is 15.5. The third-order valence-corrected chi connectivity index (χ3v) is 3.54. The maximum absolute atomic E-state index is 12.6. The molecule has 2 rings (SSSR count). The normalized spacial score (nSPS) is 18.7. The van der Waals surface area contributed by atoms with E-state index in [9.17, 15) is 18.3 Å². The van der Waals surface area contributed by atoms with Crippen LogP contribution in [0.25, 0.3) is 0 Å². The fourth-order valence-corrected chi connectivity index (χ4v) is 2.40. The lowest BCUT2D eigenvalue weighted by atomic mass is 9.88. The number of phenolic OH excluding ortho intramolecular Hbond substituents is 1. The summed E-state index contributed by atoms with van der Waals surface area (Å²) in [6.07, 6.45) is 0.869. The molecule has 0 aliphatic heterocycles. The molecule has 1 aliphatic carbocycles. The number of aliphatic hydroxyl groups excluding tert-OH is 1. The van der Waals surface area contributed by atoms with E-state index in [-0.39, 0.29) is 24.7 Å². The first-order chi connectivity index (χ1) is 9.91. The summed E-state index contributed by atoms with van der Waals surface area (Å²) in [6, 6.07) is 5.11. The zero-order valence-electron chi connectivity index (χ0n) is 11.4. The molecule has 0 fully saturated rings. The van der Waals surface area contributed by atoms with E-state index in [4.69, 9.17) is 5.11 Å². The van der Waals surface area contributed by atoms with Gasteiger partial charge in [0, 0.05) is 18.1 Å². The van der Waals surface area contributed by atoms with Crippen molar-refractivity contribution in [2.75, 3.05) is 6.61 Å². The van der Waals surface area contributed by atoms with Gasteiger partial charge in [-0.2, -0.15) is 13.2 Å². The van der Waals surface area contributed by atoms with Crippen molar-refractivity contribution in [3.05, 3.63) is 53.1 Å². The van der Waals surface area contributed by atoms with Crippen LogP contribution in [-0.2, 0) is 6.42 Å². The quantitative estimate of drug-likeness (QED) is 0.886. The monoisotopic (exact) mass is 298 g/mol. The number of phenols is 1. The summed E-state index contributed by atoms with van der Waals surface area (Å²) < 4.78 is 37.7. The van der Waals surface area contributed by atoms with E-state index in [0.717, 1.165) is 17.7 Å². The Bertz CT molecular complexity index is 559. The van der Waals surface area contributed by atoms with E-state index < -0.39 is 11.7 Å². The molecule has 0 heterocycles. The lowest BCUT2D eigenvalue weighted by Crippen LogP contribution is -2.13. The van der Waals surface area contributed by atoms with Gasteiger partial charge in [0.25, 0.3) is 0 Å².